The monoisotopic (exact) mass is 598 g/mol. The number of carbonyl (C=O) groups is 6. The van der Waals surface area contributed by atoms with Gasteiger partial charge in [-0.3, -0.25) is 28.9 Å². The van der Waals surface area contributed by atoms with Crippen LogP contribution in [0, 0.1) is 5.92 Å². The van der Waals surface area contributed by atoms with Gasteiger partial charge in [-0.1, -0.05) is 18.2 Å². The number of amides is 5. The summed E-state index contributed by atoms with van der Waals surface area (Å²) in [7, 11) is 0. The number of para-hydroxylation sites is 1. The molecule has 2 unspecified atom stereocenters. The lowest BCUT2D eigenvalue weighted by Crippen LogP contribution is -2.58. The van der Waals surface area contributed by atoms with Gasteiger partial charge in [-0.25, -0.2) is 9.48 Å². The Morgan fingerprint density at radius 3 is 2.30 bits per heavy atom. The summed E-state index contributed by atoms with van der Waals surface area (Å²) in [4.78, 5) is 79.2. The number of likely N-dealkylation sites (tertiary alicyclic amines) is 1. The first-order valence-corrected chi connectivity index (χ1v) is 14.0. The molecule has 15 nitrogen and oxygen atoms in total. The molecule has 0 spiro atoms. The number of imide groups is 1. The molecule has 2 atom stereocenters. The average molecular weight is 599 g/mol. The van der Waals surface area contributed by atoms with E-state index in [0.717, 1.165) is 4.90 Å². The van der Waals surface area contributed by atoms with Gasteiger partial charge in [-0.15, -0.1) is 0 Å². The number of aliphatic carboxylic acids is 1. The average Bonchev–Trinajstić information content (AvgIpc) is 3.65. The minimum Gasteiger partial charge on any atom is -0.481 e. The van der Waals surface area contributed by atoms with Crippen molar-refractivity contribution in [2.24, 2.45) is 5.92 Å². The van der Waals surface area contributed by atoms with Crippen LogP contribution in [0.4, 0.5) is 4.79 Å². The third-order valence-corrected chi connectivity index (χ3v) is 7.19. The van der Waals surface area contributed by atoms with Gasteiger partial charge < -0.3 is 29.7 Å². The molecule has 2 N–H and O–H groups in total. The zero-order valence-electron chi connectivity index (χ0n) is 23.9. The van der Waals surface area contributed by atoms with Gasteiger partial charge in [0.15, 0.2) is 12.3 Å². The topological polar surface area (TPSA) is 181 Å². The molecule has 4 rings (SSSR count). The lowest BCUT2D eigenvalue weighted by Gasteiger charge is -2.36. The SMILES string of the molecule is CCOC(=O)N1CCN(C(=O)C(NC(=O)c2cc(OCC(=O)N3CCCC3=O)n(-c3ccccc3)n2)C(C)C(=O)O)CC1. The van der Waals surface area contributed by atoms with E-state index < -0.39 is 48.4 Å². The molecule has 1 aromatic heterocycles. The Morgan fingerprint density at radius 1 is 1.02 bits per heavy atom. The van der Waals surface area contributed by atoms with Crippen molar-refractivity contribution >= 4 is 35.7 Å². The number of rotatable bonds is 10. The van der Waals surface area contributed by atoms with Crippen molar-refractivity contribution in [3.05, 3.63) is 42.1 Å². The molecule has 2 fully saturated rings. The van der Waals surface area contributed by atoms with Gasteiger partial charge in [0.05, 0.1) is 18.2 Å². The number of hydrogen-bond acceptors (Lipinski definition) is 9. The highest BCUT2D eigenvalue weighted by atomic mass is 16.6. The lowest BCUT2D eigenvalue weighted by atomic mass is 10.00. The maximum Gasteiger partial charge on any atom is 0.409 e. The molecule has 2 aromatic rings. The zero-order valence-corrected chi connectivity index (χ0v) is 23.9. The van der Waals surface area contributed by atoms with E-state index in [9.17, 15) is 33.9 Å². The fourth-order valence-corrected chi connectivity index (χ4v) is 4.74. The van der Waals surface area contributed by atoms with Crippen LogP contribution in [0.1, 0.15) is 37.2 Å². The Balaban J connectivity index is 1.51. The molecular formula is C28H34N6O9. The van der Waals surface area contributed by atoms with E-state index in [1.807, 2.05) is 0 Å². The molecule has 3 heterocycles. The Morgan fingerprint density at radius 2 is 1.70 bits per heavy atom. The van der Waals surface area contributed by atoms with Crippen LogP contribution >= 0.6 is 0 Å². The third kappa shape index (κ3) is 7.28. The zero-order chi connectivity index (χ0) is 31.1. The van der Waals surface area contributed by atoms with Crippen LogP contribution in [0.5, 0.6) is 5.88 Å². The van der Waals surface area contributed by atoms with Crippen LogP contribution in [0.15, 0.2) is 36.4 Å². The Kier molecular flexibility index (Phi) is 9.95. The molecule has 2 saturated heterocycles. The number of carboxylic acids is 1. The van der Waals surface area contributed by atoms with Gasteiger partial charge >= 0.3 is 12.1 Å². The van der Waals surface area contributed by atoms with Crippen LogP contribution in [-0.4, -0.2) is 117 Å². The molecule has 43 heavy (non-hydrogen) atoms. The number of hydrogen-bond donors (Lipinski definition) is 2. The summed E-state index contributed by atoms with van der Waals surface area (Å²) in [6, 6.07) is 8.48. The Hall–Kier alpha value is -4.95. The predicted molar refractivity (Wildman–Crippen MR) is 148 cm³/mol. The van der Waals surface area contributed by atoms with Gasteiger partial charge in [0.2, 0.25) is 17.7 Å². The molecule has 0 bridgehead atoms. The summed E-state index contributed by atoms with van der Waals surface area (Å²) in [5.41, 5.74) is 0.318. The van der Waals surface area contributed by atoms with E-state index in [1.165, 1.54) is 27.5 Å². The Bertz CT molecular complexity index is 1370. The minimum atomic E-state index is -1.44. The molecule has 2 aliphatic rings. The summed E-state index contributed by atoms with van der Waals surface area (Å²) < 4.78 is 12.0. The molecular weight excluding hydrogens is 564 g/mol. The quantitative estimate of drug-likeness (QED) is 0.391. The Labute approximate surface area is 247 Å². The molecule has 0 saturated carbocycles. The molecule has 1 aromatic carbocycles. The number of carbonyl (C=O) groups excluding carboxylic acids is 5. The number of aromatic nitrogens is 2. The van der Waals surface area contributed by atoms with Gasteiger partial charge in [-0.05, 0) is 32.4 Å². The molecule has 5 amide bonds. The van der Waals surface area contributed by atoms with Crippen LogP contribution in [0.3, 0.4) is 0 Å². The number of piperazine rings is 1. The van der Waals surface area contributed by atoms with Crippen molar-refractivity contribution in [1.82, 2.24) is 29.8 Å². The number of nitrogens with one attached hydrogen (secondary N) is 1. The van der Waals surface area contributed by atoms with E-state index in [-0.39, 0.29) is 56.7 Å². The first-order valence-electron chi connectivity index (χ1n) is 14.0. The lowest BCUT2D eigenvalue weighted by molar-refractivity contribution is -0.147. The van der Waals surface area contributed by atoms with Crippen molar-refractivity contribution in [3.8, 4) is 11.6 Å². The number of carboxylic acid groups (broad SMARTS) is 1. The number of ether oxygens (including phenoxy) is 2. The van der Waals surface area contributed by atoms with Crippen LogP contribution < -0.4 is 10.1 Å². The summed E-state index contributed by atoms with van der Waals surface area (Å²) in [6.07, 6.45) is 0.361. The van der Waals surface area contributed by atoms with Crippen molar-refractivity contribution in [2.45, 2.75) is 32.7 Å². The summed E-state index contributed by atoms with van der Waals surface area (Å²) in [5, 5.41) is 16.5. The van der Waals surface area contributed by atoms with Gasteiger partial charge in [0.1, 0.15) is 6.04 Å². The maximum atomic E-state index is 13.4. The third-order valence-electron chi connectivity index (χ3n) is 7.19. The smallest absolute Gasteiger partial charge is 0.409 e. The van der Waals surface area contributed by atoms with E-state index >= 15 is 0 Å². The maximum absolute atomic E-state index is 13.4. The fraction of sp³-hybridized carbons (Fsp3) is 0.464. The first-order chi connectivity index (χ1) is 20.6. The van der Waals surface area contributed by atoms with E-state index in [0.29, 0.717) is 18.7 Å². The highest BCUT2D eigenvalue weighted by Crippen LogP contribution is 2.21. The highest BCUT2D eigenvalue weighted by Gasteiger charge is 2.37. The molecule has 15 heteroatoms. The van der Waals surface area contributed by atoms with Crippen molar-refractivity contribution in [1.29, 1.82) is 0 Å². The van der Waals surface area contributed by atoms with Crippen LogP contribution in [0.25, 0.3) is 5.69 Å². The predicted octanol–water partition coefficient (Wildman–Crippen LogP) is 0.520. The summed E-state index contributed by atoms with van der Waals surface area (Å²) in [5.74, 6) is -4.82. The standard InChI is InChI=1S/C28H34N6O9/c1-3-42-28(41)32-14-12-31(13-15-32)26(38)24(18(2)27(39)40)29-25(37)20-16-23(34(30-20)19-8-5-4-6-9-19)43-17-22(36)33-11-7-10-21(33)35/h4-6,8-9,16,18,24H,3,7,10-15,17H2,1-2H3,(H,29,37)(H,39,40). The van der Waals surface area contributed by atoms with E-state index in [2.05, 4.69) is 10.4 Å². The molecule has 0 radical (unpaired) electrons. The van der Waals surface area contributed by atoms with Crippen LogP contribution in [-0.2, 0) is 23.9 Å². The normalized spacial score (nSPS) is 16.4. The molecule has 2 aliphatic heterocycles. The summed E-state index contributed by atoms with van der Waals surface area (Å²) >= 11 is 0. The first kappa shape index (κ1) is 31.0. The molecule has 230 valence electrons. The minimum absolute atomic E-state index is 0.0283. The highest BCUT2D eigenvalue weighted by molar-refractivity contribution is 5.98. The van der Waals surface area contributed by atoms with Crippen molar-refractivity contribution in [3.63, 3.8) is 0 Å². The fourth-order valence-electron chi connectivity index (χ4n) is 4.74. The second kappa shape index (κ2) is 13.8. The van der Waals surface area contributed by atoms with Gasteiger partial charge in [0.25, 0.3) is 11.8 Å². The van der Waals surface area contributed by atoms with E-state index in [4.69, 9.17) is 9.47 Å². The number of nitrogens with zero attached hydrogens (tertiary/aromatic N) is 5. The second-order valence-electron chi connectivity index (χ2n) is 10.0. The van der Waals surface area contributed by atoms with E-state index in [1.54, 1.807) is 37.3 Å². The van der Waals surface area contributed by atoms with Crippen molar-refractivity contribution < 1.29 is 43.3 Å². The van der Waals surface area contributed by atoms with Gasteiger partial charge in [-0.2, -0.15) is 5.10 Å². The number of benzene rings is 1. The van der Waals surface area contributed by atoms with Gasteiger partial charge in [0, 0.05) is 45.2 Å². The van der Waals surface area contributed by atoms with Crippen molar-refractivity contribution in [2.75, 3.05) is 45.9 Å². The molecule has 0 aliphatic carbocycles. The second-order valence-corrected chi connectivity index (χ2v) is 10.0. The van der Waals surface area contributed by atoms with Crippen LogP contribution in [0.2, 0.25) is 0 Å². The largest absolute Gasteiger partial charge is 0.481 e. The summed E-state index contributed by atoms with van der Waals surface area (Å²) in [6.45, 7) is 3.68.